The molecule has 0 heterocycles. The first-order valence-electron chi connectivity index (χ1n) is 5.53. The van der Waals surface area contributed by atoms with Crippen LogP contribution in [0, 0.1) is 0 Å². The Bertz CT molecular complexity index is 769. The maximum absolute atomic E-state index is 12.4. The summed E-state index contributed by atoms with van der Waals surface area (Å²) < 4.78 is 24.8. The number of hydrogen-bond acceptors (Lipinski definition) is 8. The Kier molecular flexibility index (Phi) is 3.22. The van der Waals surface area contributed by atoms with Crippen molar-refractivity contribution in [3.8, 4) is 23.0 Å². The largest absolute Gasteiger partial charge is 0.503 e. The molecule has 9 heteroatoms. The zero-order valence-corrected chi connectivity index (χ0v) is 11.3. The number of hydrogen-bond donors (Lipinski definition) is 6. The number of aromatic hydroxyl groups is 4. The van der Waals surface area contributed by atoms with Crippen LogP contribution in [0.1, 0.15) is 0 Å². The van der Waals surface area contributed by atoms with Gasteiger partial charge in [0.1, 0.15) is 9.79 Å². The number of benzene rings is 2. The highest BCUT2D eigenvalue weighted by Gasteiger charge is 2.28. The quantitative estimate of drug-likeness (QED) is 0.344. The number of sulfone groups is 1. The number of anilines is 2. The van der Waals surface area contributed by atoms with Gasteiger partial charge in [-0.1, -0.05) is 0 Å². The molecule has 0 aliphatic carbocycles. The van der Waals surface area contributed by atoms with E-state index in [1.54, 1.807) is 0 Å². The molecule has 8 nitrogen and oxygen atoms in total. The first-order chi connectivity index (χ1) is 9.67. The lowest BCUT2D eigenvalue weighted by Gasteiger charge is -2.12. The molecule has 0 saturated heterocycles. The Morgan fingerprint density at radius 3 is 1.33 bits per heavy atom. The molecule has 0 spiro atoms. The first kappa shape index (κ1) is 14.6. The van der Waals surface area contributed by atoms with Gasteiger partial charge in [0, 0.05) is 0 Å². The molecule has 0 amide bonds. The van der Waals surface area contributed by atoms with Crippen LogP contribution >= 0.6 is 0 Å². The van der Waals surface area contributed by atoms with E-state index in [1.807, 2.05) is 0 Å². The van der Waals surface area contributed by atoms with Gasteiger partial charge < -0.3 is 31.9 Å². The molecule has 0 fully saturated rings. The van der Waals surface area contributed by atoms with Gasteiger partial charge in [-0.15, -0.1) is 0 Å². The van der Waals surface area contributed by atoms with E-state index in [1.165, 1.54) is 0 Å². The van der Waals surface area contributed by atoms with Crippen LogP contribution in [-0.2, 0) is 9.84 Å². The second kappa shape index (κ2) is 4.63. The molecule has 0 unspecified atom stereocenters. The third-order valence-corrected chi connectivity index (χ3v) is 4.69. The number of phenols is 4. The van der Waals surface area contributed by atoms with Gasteiger partial charge in [0.25, 0.3) is 0 Å². The topological polar surface area (TPSA) is 167 Å². The van der Waals surface area contributed by atoms with Crippen LogP contribution in [0.4, 0.5) is 11.4 Å². The van der Waals surface area contributed by atoms with Crippen molar-refractivity contribution in [1.82, 2.24) is 0 Å². The molecule has 8 N–H and O–H groups in total. The Hall–Kier alpha value is -2.81. The van der Waals surface area contributed by atoms with Crippen molar-refractivity contribution in [2.75, 3.05) is 11.5 Å². The highest BCUT2D eigenvalue weighted by atomic mass is 32.2. The summed E-state index contributed by atoms with van der Waals surface area (Å²) in [6.45, 7) is 0. The predicted octanol–water partition coefficient (Wildman–Crippen LogP) is 0.506. The van der Waals surface area contributed by atoms with Crippen molar-refractivity contribution in [1.29, 1.82) is 0 Å². The van der Waals surface area contributed by atoms with Gasteiger partial charge in [-0.3, -0.25) is 0 Å². The molecule has 0 aliphatic rings. The third-order valence-electron chi connectivity index (χ3n) is 2.87. The molecule has 0 aromatic heterocycles. The summed E-state index contributed by atoms with van der Waals surface area (Å²) in [4.78, 5) is -1.35. The minimum atomic E-state index is -4.41. The van der Waals surface area contributed by atoms with Crippen LogP contribution in [0.3, 0.4) is 0 Å². The predicted molar refractivity (Wildman–Crippen MR) is 73.8 cm³/mol. The van der Waals surface area contributed by atoms with Gasteiger partial charge in [0.05, 0.1) is 11.4 Å². The summed E-state index contributed by atoms with van der Waals surface area (Å²) in [6.07, 6.45) is 0. The smallest absolute Gasteiger partial charge is 0.214 e. The van der Waals surface area contributed by atoms with Crippen LogP contribution < -0.4 is 11.5 Å². The van der Waals surface area contributed by atoms with Crippen LogP contribution in [-0.4, -0.2) is 28.8 Å². The van der Waals surface area contributed by atoms with Crippen LogP contribution in [0.5, 0.6) is 23.0 Å². The standard InChI is InChI=1S/C12H12N2O6S/c13-5-1-3-7(11(17)9(5)15)21(19,20)8-4-2-6(14)10(16)12(8)18/h1-4,15-18H,13-14H2. The van der Waals surface area contributed by atoms with Gasteiger partial charge in [-0.25, -0.2) is 8.42 Å². The normalized spacial score (nSPS) is 11.4. The van der Waals surface area contributed by atoms with E-state index < -0.39 is 42.6 Å². The highest BCUT2D eigenvalue weighted by molar-refractivity contribution is 7.91. The van der Waals surface area contributed by atoms with Gasteiger partial charge in [0.15, 0.2) is 23.0 Å². The molecule has 2 aromatic carbocycles. The van der Waals surface area contributed by atoms with E-state index in [2.05, 4.69) is 0 Å². The number of phenolic OH excluding ortho intramolecular Hbond substituents is 4. The lowest BCUT2D eigenvalue weighted by molar-refractivity contribution is 0.391. The fourth-order valence-corrected chi connectivity index (χ4v) is 3.14. The molecule has 0 bridgehead atoms. The van der Waals surface area contributed by atoms with Gasteiger partial charge >= 0.3 is 0 Å². The maximum Gasteiger partial charge on any atom is 0.214 e. The van der Waals surface area contributed by atoms with E-state index >= 15 is 0 Å². The van der Waals surface area contributed by atoms with E-state index in [0.717, 1.165) is 24.3 Å². The van der Waals surface area contributed by atoms with E-state index in [9.17, 15) is 28.8 Å². The molecule has 0 radical (unpaired) electrons. The monoisotopic (exact) mass is 312 g/mol. The van der Waals surface area contributed by atoms with Crippen molar-refractivity contribution in [3.63, 3.8) is 0 Å². The lowest BCUT2D eigenvalue weighted by Crippen LogP contribution is -2.04. The summed E-state index contributed by atoms with van der Waals surface area (Å²) in [7, 11) is -4.41. The van der Waals surface area contributed by atoms with Crippen LogP contribution in [0.2, 0.25) is 0 Å². The molecule has 0 atom stereocenters. The fourth-order valence-electron chi connectivity index (χ4n) is 1.71. The Labute approximate surface area is 119 Å². The lowest BCUT2D eigenvalue weighted by atomic mass is 10.3. The average molecular weight is 312 g/mol. The molecule has 2 rings (SSSR count). The minimum Gasteiger partial charge on any atom is -0.503 e. The molecule has 21 heavy (non-hydrogen) atoms. The molecular weight excluding hydrogens is 300 g/mol. The Morgan fingerprint density at radius 2 is 1.00 bits per heavy atom. The molecule has 0 aliphatic heterocycles. The molecule has 112 valence electrons. The SMILES string of the molecule is Nc1ccc(S(=O)(=O)c2ccc(N)c(O)c2O)c(O)c1O. The first-order valence-corrected chi connectivity index (χ1v) is 7.02. The number of rotatable bonds is 2. The van der Waals surface area contributed by atoms with E-state index in [-0.39, 0.29) is 11.4 Å². The highest BCUT2D eigenvalue weighted by Crippen LogP contribution is 2.43. The Morgan fingerprint density at radius 1 is 0.667 bits per heavy atom. The van der Waals surface area contributed by atoms with Crippen molar-refractivity contribution in [3.05, 3.63) is 24.3 Å². The zero-order chi connectivity index (χ0) is 15.9. The zero-order valence-electron chi connectivity index (χ0n) is 10.5. The maximum atomic E-state index is 12.4. The van der Waals surface area contributed by atoms with Crippen molar-refractivity contribution < 1.29 is 28.8 Å². The van der Waals surface area contributed by atoms with E-state index in [0.29, 0.717) is 0 Å². The van der Waals surface area contributed by atoms with Gasteiger partial charge in [-0.2, -0.15) is 0 Å². The molecular formula is C12H12N2O6S. The summed E-state index contributed by atoms with van der Waals surface area (Å²) in [5.74, 6) is -3.50. The fraction of sp³-hybridized carbons (Fsp3) is 0. The minimum absolute atomic E-state index is 0.212. The van der Waals surface area contributed by atoms with Crippen molar-refractivity contribution >= 4 is 21.2 Å². The van der Waals surface area contributed by atoms with Gasteiger partial charge in [-0.05, 0) is 24.3 Å². The molecule has 0 saturated carbocycles. The summed E-state index contributed by atoms with van der Waals surface area (Å²) in [6, 6.07) is 4.09. The number of nitrogen functional groups attached to an aromatic ring is 2. The van der Waals surface area contributed by atoms with Crippen molar-refractivity contribution in [2.24, 2.45) is 0 Å². The number of nitrogens with two attached hydrogens (primary N) is 2. The Balaban J connectivity index is 2.75. The van der Waals surface area contributed by atoms with Crippen LogP contribution in [0.15, 0.2) is 34.1 Å². The van der Waals surface area contributed by atoms with Gasteiger partial charge in [0.2, 0.25) is 9.84 Å². The van der Waals surface area contributed by atoms with Crippen molar-refractivity contribution in [2.45, 2.75) is 9.79 Å². The van der Waals surface area contributed by atoms with Crippen LogP contribution in [0.25, 0.3) is 0 Å². The second-order valence-corrected chi connectivity index (χ2v) is 6.09. The summed E-state index contributed by atoms with van der Waals surface area (Å²) >= 11 is 0. The third kappa shape index (κ3) is 2.13. The van der Waals surface area contributed by atoms with E-state index in [4.69, 9.17) is 11.5 Å². The summed E-state index contributed by atoms with van der Waals surface area (Å²) in [5, 5.41) is 38.4. The summed E-state index contributed by atoms with van der Waals surface area (Å²) in [5.41, 5.74) is 10.2. The second-order valence-electron chi connectivity index (χ2n) is 4.20. The molecule has 2 aromatic rings. The average Bonchev–Trinajstić information content (AvgIpc) is 2.41.